The highest BCUT2D eigenvalue weighted by atomic mass is 16.5. The van der Waals surface area contributed by atoms with Crippen molar-refractivity contribution in [2.45, 2.75) is 57.4 Å². The van der Waals surface area contributed by atoms with E-state index in [1.165, 1.54) is 0 Å². The molecule has 3 aliphatic carbocycles. The number of nitrogen functional groups attached to an aromatic ring is 1. The van der Waals surface area contributed by atoms with Crippen LogP contribution >= 0.6 is 0 Å². The first kappa shape index (κ1) is 35.2. The van der Waals surface area contributed by atoms with Crippen LogP contribution in [0.1, 0.15) is 72.1 Å². The average Bonchev–Trinajstić information content (AvgIpc) is 3.37. The van der Waals surface area contributed by atoms with E-state index in [1.54, 1.807) is 42.5 Å². The number of hydrogen-bond donors (Lipinski definition) is 4. The Kier molecular flexibility index (Phi) is 8.33. The number of amides is 5. The fraction of sp³-hybridized carbons (Fsp3) is 0.475. The number of carbonyl (C=O) groups is 5. The lowest BCUT2D eigenvalue weighted by atomic mass is 9.35. The molecule has 15 nitrogen and oxygen atoms in total. The summed E-state index contributed by atoms with van der Waals surface area (Å²) in [5.41, 5.74) is 8.31. The van der Waals surface area contributed by atoms with Gasteiger partial charge in [0.05, 0.1) is 23.1 Å². The summed E-state index contributed by atoms with van der Waals surface area (Å²) in [6.45, 7) is 5.76. The second-order valence-electron chi connectivity index (χ2n) is 16.6. The zero-order valence-electron chi connectivity index (χ0n) is 30.5. The van der Waals surface area contributed by atoms with Crippen LogP contribution in [0.2, 0.25) is 0 Å². The number of nitrogens with zero attached hydrogens (tertiary/aromatic N) is 5. The second-order valence-corrected chi connectivity index (χ2v) is 16.6. The van der Waals surface area contributed by atoms with Gasteiger partial charge >= 0.3 is 0 Å². The summed E-state index contributed by atoms with van der Waals surface area (Å²) in [4.78, 5) is 69.1. The number of rotatable bonds is 11. The minimum atomic E-state index is -0.979. The van der Waals surface area contributed by atoms with Crippen LogP contribution in [0.3, 0.4) is 0 Å². The predicted octanol–water partition coefficient (Wildman–Crippen LogP) is 2.81. The zero-order chi connectivity index (χ0) is 38.1. The normalized spacial score (nSPS) is 26.5. The molecule has 5 amide bonds. The molecular weight excluding hydrogens is 704 g/mol. The Morgan fingerprint density at radius 3 is 2.45 bits per heavy atom. The smallest absolute Gasteiger partial charge is 0.262 e. The van der Waals surface area contributed by atoms with Gasteiger partial charge in [-0.15, -0.1) is 10.2 Å². The Labute approximate surface area is 317 Å². The second kappa shape index (κ2) is 13.0. The number of aromatic nitrogens is 2. The molecule has 2 bridgehead atoms. The van der Waals surface area contributed by atoms with Gasteiger partial charge in [0.25, 0.3) is 11.8 Å². The lowest BCUT2D eigenvalue weighted by Crippen LogP contribution is -2.73. The van der Waals surface area contributed by atoms with E-state index < -0.39 is 29.7 Å². The Hall–Kier alpha value is -5.57. The maximum absolute atomic E-state index is 13.6. The first-order chi connectivity index (χ1) is 26.5. The summed E-state index contributed by atoms with van der Waals surface area (Å²) in [5.74, 6) is -1.01. The van der Waals surface area contributed by atoms with Crippen LogP contribution in [0, 0.1) is 16.2 Å². The average molecular weight is 749 g/mol. The Bertz CT molecular complexity index is 2100. The largest absolute Gasteiger partial charge is 0.507 e. The van der Waals surface area contributed by atoms with E-state index in [9.17, 15) is 29.1 Å². The maximum Gasteiger partial charge on any atom is 0.262 e. The molecule has 286 valence electrons. The van der Waals surface area contributed by atoms with E-state index in [-0.39, 0.29) is 51.8 Å². The minimum absolute atomic E-state index is 0.0148. The first-order valence-electron chi connectivity index (χ1n) is 19.1. The van der Waals surface area contributed by atoms with Crippen molar-refractivity contribution in [3.05, 3.63) is 59.7 Å². The van der Waals surface area contributed by atoms with Crippen LogP contribution < -0.4 is 21.1 Å². The van der Waals surface area contributed by atoms with E-state index >= 15 is 0 Å². The summed E-state index contributed by atoms with van der Waals surface area (Å²) in [6, 6.07) is 12.7. The standard InChI is InChI=1S/C40H44N8O7/c41-33-31(17-28(44-45-33)26-4-1-2-5-30(26)49)55-23-39-18-40(19-39,20-39)37(54)47-21-38(22-47)10-14-46(15-11-38)13-3-12-42-24-6-7-25-27(16-24)36(53)48(35(25)52)29-8-9-32(50)43-34(29)51/h1-2,4-7,16-17,29,42,49H,3,8-15,18-23H2,(H2,41,45)(H,43,50,51). The number of imide groups is 2. The molecule has 6 fully saturated rings. The van der Waals surface area contributed by atoms with Gasteiger partial charge in [0.1, 0.15) is 17.5 Å². The molecule has 3 saturated carbocycles. The van der Waals surface area contributed by atoms with Crippen molar-refractivity contribution in [2.24, 2.45) is 16.2 Å². The molecule has 7 aliphatic rings. The van der Waals surface area contributed by atoms with Crippen LogP contribution in [-0.4, -0.2) is 111 Å². The van der Waals surface area contributed by atoms with Crippen molar-refractivity contribution >= 4 is 41.0 Å². The number of hydrogen-bond acceptors (Lipinski definition) is 12. The van der Waals surface area contributed by atoms with E-state index in [2.05, 4.69) is 30.6 Å². The number of fused-ring (bicyclic) bond motifs is 1. The summed E-state index contributed by atoms with van der Waals surface area (Å²) >= 11 is 0. The monoisotopic (exact) mass is 748 g/mol. The third-order valence-electron chi connectivity index (χ3n) is 12.8. The summed E-state index contributed by atoms with van der Waals surface area (Å²) in [7, 11) is 0. The van der Waals surface area contributed by atoms with Gasteiger partial charge in [-0.05, 0) is 94.9 Å². The summed E-state index contributed by atoms with van der Waals surface area (Å²) in [6.07, 6.45) is 5.75. The maximum atomic E-state index is 13.6. The molecule has 1 atom stereocenters. The summed E-state index contributed by atoms with van der Waals surface area (Å²) in [5, 5.41) is 24.0. The van der Waals surface area contributed by atoms with Gasteiger partial charge in [0.15, 0.2) is 11.6 Å². The third-order valence-corrected chi connectivity index (χ3v) is 12.8. The number of anilines is 2. The van der Waals surface area contributed by atoms with Crippen LogP contribution in [0.4, 0.5) is 11.5 Å². The predicted molar refractivity (Wildman–Crippen MR) is 199 cm³/mol. The molecule has 3 saturated heterocycles. The van der Waals surface area contributed by atoms with Gasteiger partial charge in [-0.25, -0.2) is 0 Å². The zero-order valence-corrected chi connectivity index (χ0v) is 30.5. The number of likely N-dealkylation sites (tertiary alicyclic amines) is 2. The lowest BCUT2D eigenvalue weighted by Gasteiger charge is -2.71. The van der Waals surface area contributed by atoms with E-state index in [0.29, 0.717) is 36.1 Å². The van der Waals surface area contributed by atoms with Crippen LogP contribution in [0.15, 0.2) is 48.5 Å². The number of piperidine rings is 2. The number of para-hydroxylation sites is 1. The highest BCUT2D eigenvalue weighted by Gasteiger charge is 2.73. The van der Waals surface area contributed by atoms with Crippen molar-refractivity contribution < 1.29 is 33.8 Å². The van der Waals surface area contributed by atoms with Crippen LogP contribution in [-0.2, 0) is 14.4 Å². The van der Waals surface area contributed by atoms with Gasteiger partial charge in [0.2, 0.25) is 17.7 Å². The fourth-order valence-corrected chi connectivity index (χ4v) is 9.86. The molecule has 5 heterocycles. The molecule has 15 heteroatoms. The minimum Gasteiger partial charge on any atom is -0.507 e. The number of nitrogens with one attached hydrogen (secondary N) is 2. The van der Waals surface area contributed by atoms with Gasteiger partial charge in [-0.3, -0.25) is 34.2 Å². The van der Waals surface area contributed by atoms with Crippen LogP contribution in [0.25, 0.3) is 11.3 Å². The Morgan fingerprint density at radius 1 is 0.964 bits per heavy atom. The van der Waals surface area contributed by atoms with Gasteiger partial charge in [-0.1, -0.05) is 12.1 Å². The molecule has 10 rings (SSSR count). The molecule has 1 aromatic heterocycles. The highest BCUT2D eigenvalue weighted by molar-refractivity contribution is 6.23. The number of phenolic OH excluding ortho intramolecular Hbond substituents is 1. The summed E-state index contributed by atoms with van der Waals surface area (Å²) < 4.78 is 6.13. The van der Waals surface area contributed by atoms with Crippen molar-refractivity contribution in [2.75, 3.05) is 56.9 Å². The molecule has 4 aliphatic heterocycles. The van der Waals surface area contributed by atoms with Crippen molar-refractivity contribution in [1.29, 1.82) is 0 Å². The van der Waals surface area contributed by atoms with Crippen molar-refractivity contribution in [3.8, 4) is 22.8 Å². The van der Waals surface area contributed by atoms with Crippen LogP contribution in [0.5, 0.6) is 11.5 Å². The lowest BCUT2D eigenvalue weighted by molar-refractivity contribution is -0.233. The highest BCUT2D eigenvalue weighted by Crippen LogP contribution is 2.74. The van der Waals surface area contributed by atoms with Gasteiger partial charge in [-0.2, -0.15) is 0 Å². The number of carbonyl (C=O) groups excluding carboxylic acids is 5. The molecule has 2 aromatic carbocycles. The molecule has 55 heavy (non-hydrogen) atoms. The molecule has 0 radical (unpaired) electrons. The number of phenols is 1. The Morgan fingerprint density at radius 2 is 1.71 bits per heavy atom. The molecular formula is C40H44N8O7. The van der Waals surface area contributed by atoms with Gasteiger partial charge < -0.3 is 30.7 Å². The fourth-order valence-electron chi connectivity index (χ4n) is 9.86. The van der Waals surface area contributed by atoms with Crippen molar-refractivity contribution in [1.82, 2.24) is 30.2 Å². The van der Waals surface area contributed by atoms with E-state index in [0.717, 1.165) is 81.8 Å². The first-order valence-corrected chi connectivity index (χ1v) is 19.1. The van der Waals surface area contributed by atoms with E-state index in [1.807, 2.05) is 6.07 Å². The molecule has 3 aromatic rings. The number of aromatic hydroxyl groups is 1. The molecule has 1 spiro atoms. The quantitative estimate of drug-likeness (QED) is 0.165. The molecule has 1 unspecified atom stereocenters. The number of nitrogens with two attached hydrogens (primary N) is 1. The van der Waals surface area contributed by atoms with E-state index in [4.69, 9.17) is 10.5 Å². The third kappa shape index (κ3) is 6.04. The van der Waals surface area contributed by atoms with Gasteiger partial charge in [0, 0.05) is 54.2 Å². The number of ether oxygens (including phenoxy) is 1. The Balaban J connectivity index is 0.689. The molecule has 5 N–H and O–H groups in total. The topological polar surface area (TPSA) is 200 Å². The van der Waals surface area contributed by atoms with Crippen molar-refractivity contribution in [3.63, 3.8) is 0 Å². The number of benzene rings is 2. The SMILES string of the molecule is Nc1nnc(-c2ccccc2O)cc1OCC12CC(C(=O)N3CC4(CCN(CCCNc5ccc6c(c5)C(=O)N(C5CCC(=O)NC5=O)C6=O)CC4)C3)(C1)C2.